The molecule has 1 saturated heterocycles. The van der Waals surface area contributed by atoms with Crippen molar-refractivity contribution in [3.05, 3.63) is 58.1 Å². The Kier molecular flexibility index (Phi) is 6.59. The van der Waals surface area contributed by atoms with Crippen molar-refractivity contribution >= 4 is 39.5 Å². The van der Waals surface area contributed by atoms with Gasteiger partial charge in [0.15, 0.2) is 11.5 Å². The molecule has 1 aliphatic rings. The zero-order valence-corrected chi connectivity index (χ0v) is 18.2. The Morgan fingerprint density at radius 2 is 1.86 bits per heavy atom. The van der Waals surface area contributed by atoms with Crippen LogP contribution < -0.4 is 19.9 Å². The highest BCUT2D eigenvalue weighted by molar-refractivity contribution is 9.10. The molecule has 6 nitrogen and oxygen atoms in total. The van der Waals surface area contributed by atoms with Gasteiger partial charge in [0.2, 0.25) is 0 Å². The number of nitrogens with zero attached hydrogens (tertiary/aromatic N) is 1. The van der Waals surface area contributed by atoms with E-state index in [4.69, 9.17) is 9.47 Å². The highest BCUT2D eigenvalue weighted by atomic mass is 79.9. The number of hydrogen-bond acceptors (Lipinski definition) is 4. The Hall–Kier alpha value is -2.80. The minimum Gasteiger partial charge on any atom is -0.490 e. The predicted octanol–water partition coefficient (Wildman–Crippen LogP) is 4.49. The number of halogens is 1. The van der Waals surface area contributed by atoms with Gasteiger partial charge in [0.25, 0.3) is 11.8 Å². The topological polar surface area (TPSA) is 67.9 Å². The van der Waals surface area contributed by atoms with E-state index in [0.717, 1.165) is 6.42 Å². The van der Waals surface area contributed by atoms with E-state index in [-0.39, 0.29) is 11.7 Å². The third kappa shape index (κ3) is 4.62. The van der Waals surface area contributed by atoms with Gasteiger partial charge in [-0.15, -0.1) is 0 Å². The summed E-state index contributed by atoms with van der Waals surface area (Å²) >= 11 is 3.51. The molecule has 1 aliphatic heterocycles. The van der Waals surface area contributed by atoms with Crippen molar-refractivity contribution in [3.63, 3.8) is 0 Å². The molecule has 0 unspecified atom stereocenters. The fourth-order valence-corrected chi connectivity index (χ4v) is 3.23. The summed E-state index contributed by atoms with van der Waals surface area (Å²) in [6, 6.07) is 12.5. The van der Waals surface area contributed by atoms with Crippen molar-refractivity contribution in [1.29, 1.82) is 0 Å². The van der Waals surface area contributed by atoms with Crippen LogP contribution in [0, 0.1) is 0 Å². The minimum atomic E-state index is -0.455. The fourth-order valence-electron chi connectivity index (χ4n) is 2.79. The number of rotatable bonds is 7. The molecule has 7 heteroatoms. The zero-order chi connectivity index (χ0) is 21.0. The van der Waals surface area contributed by atoms with E-state index in [2.05, 4.69) is 21.4 Å². The van der Waals surface area contributed by atoms with Gasteiger partial charge >= 0.3 is 0 Å². The standard InChI is InChI=1S/C22H23BrN2O4/c1-4-14(3)29-20-13-18(23)15(12-19(20)28-5-2)11-17-21(26)24-25(22(17)27)16-9-7-6-8-10-16/h6-14H,4-5H2,1-3H3,(H,24,26)/b17-11-/t14-/m0/s1. The molecule has 0 radical (unpaired) electrons. The molecule has 0 saturated carbocycles. The number of para-hydroxylation sites is 1. The maximum Gasteiger partial charge on any atom is 0.282 e. The summed E-state index contributed by atoms with van der Waals surface area (Å²) in [4.78, 5) is 25.2. The van der Waals surface area contributed by atoms with Crippen LogP contribution in [-0.2, 0) is 9.59 Å². The van der Waals surface area contributed by atoms with Crippen LogP contribution in [0.3, 0.4) is 0 Å². The SMILES string of the molecule is CCOc1cc(/C=C2/C(=O)NN(c3ccccc3)C2=O)c(Br)cc1O[C@@H](C)CC. The second kappa shape index (κ2) is 9.13. The molecule has 0 spiro atoms. The summed E-state index contributed by atoms with van der Waals surface area (Å²) < 4.78 is 12.4. The summed E-state index contributed by atoms with van der Waals surface area (Å²) in [5, 5.41) is 1.24. The number of hydrogen-bond donors (Lipinski definition) is 1. The Balaban J connectivity index is 1.95. The number of benzene rings is 2. The van der Waals surface area contributed by atoms with Crippen molar-refractivity contribution in [2.24, 2.45) is 0 Å². The van der Waals surface area contributed by atoms with E-state index < -0.39 is 11.8 Å². The van der Waals surface area contributed by atoms with Crippen molar-refractivity contribution in [2.45, 2.75) is 33.3 Å². The number of ether oxygens (including phenoxy) is 2. The maximum atomic E-state index is 12.8. The molecular weight excluding hydrogens is 436 g/mol. The second-order valence-electron chi connectivity index (χ2n) is 6.57. The number of amides is 2. The van der Waals surface area contributed by atoms with Gasteiger partial charge in [-0.25, -0.2) is 5.01 Å². The van der Waals surface area contributed by atoms with Crippen LogP contribution in [-0.4, -0.2) is 24.5 Å². The van der Waals surface area contributed by atoms with Gasteiger partial charge in [0, 0.05) is 4.47 Å². The van der Waals surface area contributed by atoms with Crippen LogP contribution in [0.25, 0.3) is 6.08 Å². The zero-order valence-electron chi connectivity index (χ0n) is 16.6. The fraction of sp³-hybridized carbons (Fsp3) is 0.273. The van der Waals surface area contributed by atoms with Crippen molar-refractivity contribution in [1.82, 2.24) is 5.43 Å². The van der Waals surface area contributed by atoms with Gasteiger partial charge in [-0.05, 0) is 56.2 Å². The molecule has 1 fully saturated rings. The summed E-state index contributed by atoms with van der Waals surface area (Å²) in [5.74, 6) is 0.312. The van der Waals surface area contributed by atoms with E-state index >= 15 is 0 Å². The molecule has 1 N–H and O–H groups in total. The lowest BCUT2D eigenvalue weighted by molar-refractivity contribution is -0.117. The quantitative estimate of drug-likeness (QED) is 0.490. The largest absolute Gasteiger partial charge is 0.490 e. The first-order valence-corrected chi connectivity index (χ1v) is 10.3. The van der Waals surface area contributed by atoms with E-state index in [1.807, 2.05) is 26.8 Å². The smallest absolute Gasteiger partial charge is 0.282 e. The lowest BCUT2D eigenvalue weighted by atomic mass is 10.1. The maximum absolute atomic E-state index is 12.8. The number of anilines is 1. The van der Waals surface area contributed by atoms with Crippen LogP contribution >= 0.6 is 15.9 Å². The van der Waals surface area contributed by atoms with Crippen molar-refractivity contribution < 1.29 is 19.1 Å². The predicted molar refractivity (Wildman–Crippen MR) is 116 cm³/mol. The summed E-state index contributed by atoms with van der Waals surface area (Å²) in [7, 11) is 0. The average Bonchev–Trinajstić information content (AvgIpc) is 3.00. The van der Waals surface area contributed by atoms with Crippen LogP contribution in [0.15, 0.2) is 52.5 Å². The number of hydrazine groups is 1. The first-order valence-electron chi connectivity index (χ1n) is 9.49. The van der Waals surface area contributed by atoms with Gasteiger partial charge < -0.3 is 9.47 Å². The van der Waals surface area contributed by atoms with E-state index in [9.17, 15) is 9.59 Å². The molecular formula is C22H23BrN2O4. The first kappa shape index (κ1) is 20.9. The molecule has 2 aromatic rings. The van der Waals surface area contributed by atoms with E-state index in [0.29, 0.717) is 33.8 Å². The van der Waals surface area contributed by atoms with Gasteiger partial charge in [0.05, 0.1) is 18.4 Å². The van der Waals surface area contributed by atoms with Crippen LogP contribution in [0.5, 0.6) is 11.5 Å². The summed E-state index contributed by atoms with van der Waals surface area (Å²) in [6.45, 7) is 6.38. The summed E-state index contributed by atoms with van der Waals surface area (Å²) in [6.07, 6.45) is 2.45. The molecule has 2 amide bonds. The normalized spacial score (nSPS) is 16.1. The van der Waals surface area contributed by atoms with Gasteiger partial charge in [0.1, 0.15) is 5.57 Å². The average molecular weight is 459 g/mol. The monoisotopic (exact) mass is 458 g/mol. The van der Waals surface area contributed by atoms with Crippen LogP contribution in [0.1, 0.15) is 32.8 Å². The van der Waals surface area contributed by atoms with E-state index in [1.54, 1.807) is 42.5 Å². The van der Waals surface area contributed by atoms with Gasteiger partial charge in [-0.1, -0.05) is 41.1 Å². The number of nitrogens with one attached hydrogen (secondary N) is 1. The lowest BCUT2D eigenvalue weighted by Gasteiger charge is -2.17. The number of carbonyl (C=O) groups excluding carboxylic acids is 2. The molecule has 152 valence electrons. The lowest BCUT2D eigenvalue weighted by Crippen LogP contribution is -2.35. The Morgan fingerprint density at radius 3 is 2.52 bits per heavy atom. The highest BCUT2D eigenvalue weighted by Gasteiger charge is 2.34. The minimum absolute atomic E-state index is 0.0342. The van der Waals surface area contributed by atoms with E-state index in [1.165, 1.54) is 5.01 Å². The molecule has 29 heavy (non-hydrogen) atoms. The Labute approximate surface area is 178 Å². The Bertz CT molecular complexity index is 943. The first-order chi connectivity index (χ1) is 13.9. The molecule has 2 aromatic carbocycles. The summed E-state index contributed by atoms with van der Waals surface area (Å²) in [5.41, 5.74) is 3.90. The molecule has 3 rings (SSSR count). The number of carbonyl (C=O) groups is 2. The second-order valence-corrected chi connectivity index (χ2v) is 7.42. The molecule has 0 bridgehead atoms. The van der Waals surface area contributed by atoms with Gasteiger partial charge in [-0.2, -0.15) is 0 Å². The highest BCUT2D eigenvalue weighted by Crippen LogP contribution is 2.36. The molecule has 1 heterocycles. The third-order valence-electron chi connectivity index (χ3n) is 4.47. The molecule has 1 atom stereocenters. The van der Waals surface area contributed by atoms with Crippen LogP contribution in [0.4, 0.5) is 5.69 Å². The molecule has 0 aromatic heterocycles. The third-order valence-corrected chi connectivity index (χ3v) is 5.16. The van der Waals surface area contributed by atoms with Crippen molar-refractivity contribution in [3.8, 4) is 11.5 Å². The van der Waals surface area contributed by atoms with Crippen molar-refractivity contribution in [2.75, 3.05) is 11.6 Å². The van der Waals surface area contributed by atoms with Crippen LogP contribution in [0.2, 0.25) is 0 Å². The van der Waals surface area contributed by atoms with Gasteiger partial charge in [-0.3, -0.25) is 15.0 Å². The molecule has 0 aliphatic carbocycles. The Morgan fingerprint density at radius 1 is 1.14 bits per heavy atom.